The molecule has 0 heterocycles. The Morgan fingerprint density at radius 3 is 1.24 bits per heavy atom. The van der Waals surface area contributed by atoms with Crippen LogP contribution in [-0.2, 0) is 0 Å². The smallest absolute Gasteiger partial charge is 0.104 e. The average Bonchev–Trinajstić information content (AvgIpc) is 3.12. The van der Waals surface area contributed by atoms with Crippen molar-refractivity contribution >= 4 is 6.08 Å². The number of rotatable bonds is 10. The van der Waals surface area contributed by atoms with Crippen molar-refractivity contribution in [2.45, 2.75) is 18.6 Å². The Hall–Kier alpha value is -5.28. The molecule has 6 aromatic carbocycles. The van der Waals surface area contributed by atoms with Crippen LogP contribution in [0, 0.1) is 0 Å². The molecule has 0 fully saturated rings. The van der Waals surface area contributed by atoms with E-state index in [4.69, 9.17) is 0 Å². The molecule has 0 aliphatic rings. The van der Waals surface area contributed by atoms with Crippen molar-refractivity contribution in [1.82, 2.24) is 0 Å². The molecular weight excluding hydrogens is 548 g/mol. The van der Waals surface area contributed by atoms with Gasteiger partial charge in [0.15, 0.2) is 0 Å². The van der Waals surface area contributed by atoms with Gasteiger partial charge in [-0.3, -0.25) is 0 Å². The standard InChI is InChI=1S/C43H36O2/c1-31(43(45)40-27-23-38(24-28-40)35-15-9-4-10-16-35)41(29-32-17-19-36(20-18-32)33-11-5-2-6-12-33)30-42(44)39-25-21-37(22-26-39)34-13-7-3-8-14-34/h2-29,42-45H,1,30H2/b41-29-/t42-,43-/m0/s1. The summed E-state index contributed by atoms with van der Waals surface area (Å²) in [4.78, 5) is 0. The van der Waals surface area contributed by atoms with E-state index in [1.54, 1.807) is 0 Å². The summed E-state index contributed by atoms with van der Waals surface area (Å²) in [6, 6.07) is 54.9. The van der Waals surface area contributed by atoms with Crippen LogP contribution in [0.4, 0.5) is 0 Å². The summed E-state index contributed by atoms with van der Waals surface area (Å²) < 4.78 is 0. The lowest BCUT2D eigenvalue weighted by molar-refractivity contribution is 0.175. The van der Waals surface area contributed by atoms with Gasteiger partial charge in [-0.05, 0) is 61.2 Å². The first-order chi connectivity index (χ1) is 22.0. The number of hydrogen-bond donors (Lipinski definition) is 2. The molecule has 45 heavy (non-hydrogen) atoms. The van der Waals surface area contributed by atoms with Gasteiger partial charge in [0.1, 0.15) is 6.10 Å². The summed E-state index contributed by atoms with van der Waals surface area (Å²) in [6.45, 7) is 4.34. The average molecular weight is 585 g/mol. The molecule has 6 aromatic rings. The Bertz CT molecular complexity index is 1850. The van der Waals surface area contributed by atoms with Crippen LogP contribution in [0.3, 0.4) is 0 Å². The van der Waals surface area contributed by atoms with Crippen molar-refractivity contribution in [3.8, 4) is 33.4 Å². The number of aliphatic hydroxyl groups is 2. The first-order valence-electron chi connectivity index (χ1n) is 15.3. The van der Waals surface area contributed by atoms with E-state index in [0.29, 0.717) is 12.0 Å². The molecule has 0 spiro atoms. The second-order valence-electron chi connectivity index (χ2n) is 11.3. The molecule has 2 atom stereocenters. The lowest BCUT2D eigenvalue weighted by Crippen LogP contribution is -2.07. The third kappa shape index (κ3) is 7.27. The molecule has 0 aromatic heterocycles. The van der Waals surface area contributed by atoms with Crippen LogP contribution in [-0.4, -0.2) is 10.2 Å². The fourth-order valence-electron chi connectivity index (χ4n) is 5.61. The molecule has 0 unspecified atom stereocenters. The van der Waals surface area contributed by atoms with Gasteiger partial charge in [0.05, 0.1) is 6.10 Å². The quantitative estimate of drug-likeness (QED) is 0.157. The summed E-state index contributed by atoms with van der Waals surface area (Å²) in [5.74, 6) is 0. The van der Waals surface area contributed by atoms with Crippen molar-refractivity contribution in [3.63, 3.8) is 0 Å². The molecule has 0 saturated carbocycles. The first-order valence-corrected chi connectivity index (χ1v) is 15.3. The van der Waals surface area contributed by atoms with Gasteiger partial charge in [-0.2, -0.15) is 0 Å². The van der Waals surface area contributed by atoms with Crippen LogP contribution in [0.2, 0.25) is 0 Å². The van der Waals surface area contributed by atoms with Gasteiger partial charge in [-0.1, -0.05) is 176 Å². The molecule has 6 rings (SSSR count). The Morgan fingerprint density at radius 1 is 0.467 bits per heavy atom. The Balaban J connectivity index is 1.27. The number of aliphatic hydroxyl groups excluding tert-OH is 2. The van der Waals surface area contributed by atoms with E-state index < -0.39 is 12.2 Å². The summed E-state index contributed by atoms with van der Waals surface area (Å²) in [7, 11) is 0. The minimum Gasteiger partial charge on any atom is -0.388 e. The zero-order chi connectivity index (χ0) is 31.0. The molecule has 2 nitrogen and oxygen atoms in total. The topological polar surface area (TPSA) is 40.5 Å². The summed E-state index contributed by atoms with van der Waals surface area (Å²) in [6.07, 6.45) is 0.648. The van der Waals surface area contributed by atoms with Crippen LogP contribution < -0.4 is 0 Å². The first kappa shape index (κ1) is 29.8. The Kier molecular flexibility index (Phi) is 9.27. The van der Waals surface area contributed by atoms with Crippen LogP contribution in [0.1, 0.15) is 35.3 Å². The van der Waals surface area contributed by atoms with E-state index in [9.17, 15) is 10.2 Å². The highest BCUT2D eigenvalue weighted by molar-refractivity contribution is 5.68. The SMILES string of the molecule is C=C(/C(=C\c1ccc(-c2ccccc2)cc1)C[C@H](O)c1ccc(-c2ccccc2)cc1)[C@H](O)c1ccc(-c2ccccc2)cc1. The van der Waals surface area contributed by atoms with Crippen LogP contribution >= 0.6 is 0 Å². The molecule has 2 heteroatoms. The van der Waals surface area contributed by atoms with E-state index >= 15 is 0 Å². The minimum absolute atomic E-state index is 0.309. The predicted molar refractivity (Wildman–Crippen MR) is 187 cm³/mol. The van der Waals surface area contributed by atoms with Crippen molar-refractivity contribution in [2.75, 3.05) is 0 Å². The lowest BCUT2D eigenvalue weighted by Gasteiger charge is -2.21. The monoisotopic (exact) mass is 584 g/mol. The lowest BCUT2D eigenvalue weighted by atomic mass is 9.89. The molecule has 0 aliphatic carbocycles. The van der Waals surface area contributed by atoms with Crippen LogP contribution in [0.25, 0.3) is 39.5 Å². The van der Waals surface area contributed by atoms with E-state index in [0.717, 1.165) is 55.6 Å². The Labute approximate surface area is 265 Å². The summed E-state index contributed by atoms with van der Waals surface area (Å²) >= 11 is 0. The fraction of sp³-hybridized carbons (Fsp3) is 0.0698. The molecule has 0 saturated heterocycles. The van der Waals surface area contributed by atoms with Crippen molar-refractivity contribution in [2.24, 2.45) is 0 Å². The van der Waals surface area contributed by atoms with Gasteiger partial charge in [-0.15, -0.1) is 0 Å². The van der Waals surface area contributed by atoms with Crippen molar-refractivity contribution in [3.05, 3.63) is 198 Å². The number of hydrogen-bond acceptors (Lipinski definition) is 2. The fourth-order valence-corrected chi connectivity index (χ4v) is 5.61. The highest BCUT2D eigenvalue weighted by atomic mass is 16.3. The minimum atomic E-state index is -0.919. The van der Waals surface area contributed by atoms with E-state index in [1.165, 1.54) is 0 Å². The third-order valence-electron chi connectivity index (χ3n) is 8.25. The van der Waals surface area contributed by atoms with E-state index in [2.05, 4.69) is 67.2 Å². The molecule has 0 radical (unpaired) electrons. The van der Waals surface area contributed by atoms with Crippen molar-refractivity contribution in [1.29, 1.82) is 0 Å². The number of benzene rings is 6. The maximum Gasteiger partial charge on any atom is 0.104 e. The van der Waals surface area contributed by atoms with Gasteiger partial charge in [0.2, 0.25) is 0 Å². The van der Waals surface area contributed by atoms with Crippen LogP contribution in [0.15, 0.2) is 182 Å². The van der Waals surface area contributed by atoms with E-state index in [1.807, 2.05) is 109 Å². The zero-order valence-corrected chi connectivity index (χ0v) is 25.1. The summed E-state index contributed by atoms with van der Waals surface area (Å²) in [5.41, 5.74) is 10.6. The molecule has 220 valence electrons. The largest absolute Gasteiger partial charge is 0.388 e. The van der Waals surface area contributed by atoms with Gasteiger partial charge in [0, 0.05) is 6.42 Å². The molecular formula is C43H36O2. The molecule has 0 bridgehead atoms. The summed E-state index contributed by atoms with van der Waals surface area (Å²) in [5, 5.41) is 22.9. The normalized spacial score (nSPS) is 12.8. The zero-order valence-electron chi connectivity index (χ0n) is 25.1. The maximum atomic E-state index is 11.5. The Morgan fingerprint density at radius 2 is 0.822 bits per heavy atom. The second kappa shape index (κ2) is 14.0. The highest BCUT2D eigenvalue weighted by Crippen LogP contribution is 2.35. The third-order valence-corrected chi connectivity index (χ3v) is 8.25. The van der Waals surface area contributed by atoms with Gasteiger partial charge in [0.25, 0.3) is 0 Å². The predicted octanol–water partition coefficient (Wildman–Crippen LogP) is 10.5. The second-order valence-corrected chi connectivity index (χ2v) is 11.3. The van der Waals surface area contributed by atoms with E-state index in [-0.39, 0.29) is 0 Å². The van der Waals surface area contributed by atoms with Gasteiger partial charge >= 0.3 is 0 Å². The van der Waals surface area contributed by atoms with Crippen LogP contribution in [0.5, 0.6) is 0 Å². The molecule has 0 aliphatic heterocycles. The van der Waals surface area contributed by atoms with Crippen molar-refractivity contribution < 1.29 is 10.2 Å². The maximum absolute atomic E-state index is 11.5. The van der Waals surface area contributed by atoms with Gasteiger partial charge in [-0.25, -0.2) is 0 Å². The molecule has 0 amide bonds. The van der Waals surface area contributed by atoms with Gasteiger partial charge < -0.3 is 10.2 Å². The highest BCUT2D eigenvalue weighted by Gasteiger charge is 2.20. The molecule has 2 N–H and O–H groups in total.